The zero-order valence-corrected chi connectivity index (χ0v) is 15.4. The van der Waals surface area contributed by atoms with Gasteiger partial charge in [0.1, 0.15) is 0 Å². The molecule has 0 saturated carbocycles. The van der Waals surface area contributed by atoms with Crippen LogP contribution >= 0.6 is 0 Å². The highest BCUT2D eigenvalue weighted by atomic mass is 16.2. The van der Waals surface area contributed by atoms with E-state index in [0.29, 0.717) is 25.4 Å². The molecule has 1 aromatic rings. The lowest BCUT2D eigenvalue weighted by atomic mass is 9.94. The van der Waals surface area contributed by atoms with Gasteiger partial charge in [-0.1, -0.05) is 29.8 Å². The average Bonchev–Trinajstić information content (AvgIpc) is 2.64. The molecule has 1 aromatic carbocycles. The predicted octanol–water partition coefficient (Wildman–Crippen LogP) is 1.55. The lowest BCUT2D eigenvalue weighted by Gasteiger charge is -2.37. The largest absolute Gasteiger partial charge is 0.342 e. The maximum Gasteiger partial charge on any atom is 0.226 e. The van der Waals surface area contributed by atoms with Crippen LogP contribution in [-0.2, 0) is 16.0 Å². The van der Waals surface area contributed by atoms with Gasteiger partial charge >= 0.3 is 0 Å². The third kappa shape index (κ3) is 4.60. The van der Waals surface area contributed by atoms with Crippen molar-refractivity contribution in [3.05, 3.63) is 35.4 Å². The summed E-state index contributed by atoms with van der Waals surface area (Å²) in [6, 6.07) is 8.14. The highest BCUT2D eigenvalue weighted by molar-refractivity contribution is 5.81. The van der Waals surface area contributed by atoms with Crippen molar-refractivity contribution in [1.82, 2.24) is 14.7 Å². The van der Waals surface area contributed by atoms with Gasteiger partial charge in [0.2, 0.25) is 11.8 Å². The second-order valence-electron chi connectivity index (χ2n) is 7.45. The summed E-state index contributed by atoms with van der Waals surface area (Å²) >= 11 is 0. The maximum absolute atomic E-state index is 12.7. The van der Waals surface area contributed by atoms with Crippen molar-refractivity contribution in [2.45, 2.75) is 26.2 Å². The van der Waals surface area contributed by atoms with E-state index in [9.17, 15) is 9.59 Å². The molecule has 3 rings (SSSR count). The Balaban J connectivity index is 1.47. The molecule has 5 nitrogen and oxygen atoms in total. The highest BCUT2D eigenvalue weighted by Gasteiger charge is 2.31. The first kappa shape index (κ1) is 17.9. The van der Waals surface area contributed by atoms with E-state index < -0.39 is 0 Å². The van der Waals surface area contributed by atoms with Crippen molar-refractivity contribution in [3.63, 3.8) is 0 Å². The molecule has 2 aliphatic rings. The van der Waals surface area contributed by atoms with Crippen molar-refractivity contribution in [2.24, 2.45) is 5.92 Å². The minimum atomic E-state index is 0.0897. The van der Waals surface area contributed by atoms with Crippen LogP contribution in [0.2, 0.25) is 0 Å². The molecule has 0 spiro atoms. The number of rotatable bonds is 3. The van der Waals surface area contributed by atoms with Gasteiger partial charge in [-0.05, 0) is 32.4 Å². The summed E-state index contributed by atoms with van der Waals surface area (Å²) in [4.78, 5) is 31.3. The summed E-state index contributed by atoms with van der Waals surface area (Å²) < 4.78 is 0. The third-order valence-electron chi connectivity index (χ3n) is 5.49. The van der Waals surface area contributed by atoms with Crippen molar-refractivity contribution < 1.29 is 9.59 Å². The number of piperazine rings is 1. The molecule has 2 amide bonds. The molecule has 2 aliphatic heterocycles. The van der Waals surface area contributed by atoms with Crippen LogP contribution in [0, 0.1) is 12.8 Å². The number of likely N-dealkylation sites (tertiary alicyclic amines) is 1. The van der Waals surface area contributed by atoms with Gasteiger partial charge in [-0.15, -0.1) is 0 Å². The number of hydrogen-bond acceptors (Lipinski definition) is 3. The SMILES string of the molecule is Cc1ccc(CC(=O)N2CCC(C(=O)N3CCN(C)CC3)CC2)cc1. The van der Waals surface area contributed by atoms with Crippen molar-refractivity contribution in [3.8, 4) is 0 Å². The molecule has 0 radical (unpaired) electrons. The first-order valence-electron chi connectivity index (χ1n) is 9.33. The Morgan fingerprint density at radius 1 is 0.920 bits per heavy atom. The van der Waals surface area contributed by atoms with Gasteiger partial charge in [0.25, 0.3) is 0 Å². The fourth-order valence-electron chi connectivity index (χ4n) is 3.65. The van der Waals surface area contributed by atoms with E-state index in [2.05, 4.69) is 11.9 Å². The lowest BCUT2D eigenvalue weighted by molar-refractivity contribution is -0.141. The molecule has 0 aliphatic carbocycles. The maximum atomic E-state index is 12.7. The molecule has 0 N–H and O–H groups in total. The number of amides is 2. The van der Waals surface area contributed by atoms with E-state index >= 15 is 0 Å². The molecular formula is C20H29N3O2. The molecule has 0 bridgehead atoms. The Labute approximate surface area is 150 Å². The van der Waals surface area contributed by atoms with Crippen LogP contribution in [0.5, 0.6) is 0 Å². The van der Waals surface area contributed by atoms with Crippen LogP contribution in [0.25, 0.3) is 0 Å². The fourth-order valence-corrected chi connectivity index (χ4v) is 3.65. The van der Waals surface area contributed by atoms with Gasteiger partial charge in [-0.25, -0.2) is 0 Å². The Bertz CT molecular complexity index is 598. The number of piperidine rings is 1. The van der Waals surface area contributed by atoms with Crippen LogP contribution in [0.3, 0.4) is 0 Å². The number of carbonyl (C=O) groups is 2. The first-order valence-corrected chi connectivity index (χ1v) is 9.33. The van der Waals surface area contributed by atoms with Crippen LogP contribution in [-0.4, -0.2) is 72.8 Å². The minimum absolute atomic E-state index is 0.0897. The molecule has 0 atom stereocenters. The number of benzene rings is 1. The van der Waals surface area contributed by atoms with Crippen molar-refractivity contribution in [1.29, 1.82) is 0 Å². The minimum Gasteiger partial charge on any atom is -0.342 e. The first-order chi connectivity index (χ1) is 12.0. The van der Waals surface area contributed by atoms with Crippen LogP contribution < -0.4 is 0 Å². The Hall–Kier alpha value is -1.88. The van der Waals surface area contributed by atoms with Crippen LogP contribution in [0.15, 0.2) is 24.3 Å². The number of aryl methyl sites for hydroxylation is 1. The summed E-state index contributed by atoms with van der Waals surface area (Å²) in [5.74, 6) is 0.555. The molecule has 2 fully saturated rings. The van der Waals surface area contributed by atoms with E-state index in [4.69, 9.17) is 0 Å². The van der Waals surface area contributed by atoms with Gasteiger partial charge in [-0.3, -0.25) is 9.59 Å². The van der Waals surface area contributed by atoms with E-state index in [0.717, 1.165) is 44.6 Å². The smallest absolute Gasteiger partial charge is 0.226 e. The summed E-state index contributed by atoms with van der Waals surface area (Å²) in [7, 11) is 2.10. The fraction of sp³-hybridized carbons (Fsp3) is 0.600. The summed E-state index contributed by atoms with van der Waals surface area (Å²) in [6.07, 6.45) is 2.05. The van der Waals surface area contributed by atoms with Crippen LogP contribution in [0.4, 0.5) is 0 Å². The Morgan fingerprint density at radius 2 is 1.52 bits per heavy atom. The lowest BCUT2D eigenvalue weighted by Crippen LogP contribution is -2.51. The standard InChI is InChI=1S/C20H29N3O2/c1-16-3-5-17(6-4-16)15-19(24)22-9-7-18(8-10-22)20(25)23-13-11-21(2)12-14-23/h3-6,18H,7-15H2,1-2H3. The quantitative estimate of drug-likeness (QED) is 0.836. The van der Waals surface area contributed by atoms with E-state index in [1.807, 2.05) is 41.0 Å². The summed E-state index contributed by atoms with van der Waals surface area (Å²) in [5, 5.41) is 0. The van der Waals surface area contributed by atoms with E-state index in [1.165, 1.54) is 5.56 Å². The summed E-state index contributed by atoms with van der Waals surface area (Å²) in [6.45, 7) is 7.04. The Kier molecular flexibility index (Phi) is 5.74. The zero-order chi connectivity index (χ0) is 17.8. The molecule has 2 saturated heterocycles. The van der Waals surface area contributed by atoms with Crippen molar-refractivity contribution in [2.75, 3.05) is 46.3 Å². The second-order valence-corrected chi connectivity index (χ2v) is 7.45. The van der Waals surface area contributed by atoms with Gasteiger partial charge in [0.15, 0.2) is 0 Å². The predicted molar refractivity (Wildman–Crippen MR) is 98.3 cm³/mol. The molecule has 25 heavy (non-hydrogen) atoms. The number of carbonyl (C=O) groups excluding carboxylic acids is 2. The normalized spacial score (nSPS) is 19.9. The number of likely N-dealkylation sites (N-methyl/N-ethyl adjacent to an activating group) is 1. The third-order valence-corrected chi connectivity index (χ3v) is 5.49. The topological polar surface area (TPSA) is 43.9 Å². The second kappa shape index (κ2) is 8.00. The van der Waals surface area contributed by atoms with Gasteiger partial charge in [-0.2, -0.15) is 0 Å². The molecule has 136 valence electrons. The Morgan fingerprint density at radius 3 is 2.12 bits per heavy atom. The van der Waals surface area contributed by atoms with Gasteiger partial charge < -0.3 is 14.7 Å². The summed E-state index contributed by atoms with van der Waals surface area (Å²) in [5.41, 5.74) is 2.27. The monoisotopic (exact) mass is 343 g/mol. The van der Waals surface area contributed by atoms with Crippen molar-refractivity contribution >= 4 is 11.8 Å². The zero-order valence-electron chi connectivity index (χ0n) is 15.4. The molecular weight excluding hydrogens is 314 g/mol. The molecule has 0 unspecified atom stereocenters. The number of nitrogens with zero attached hydrogens (tertiary/aromatic N) is 3. The molecule has 2 heterocycles. The van der Waals surface area contributed by atoms with E-state index in [-0.39, 0.29) is 11.8 Å². The van der Waals surface area contributed by atoms with Gasteiger partial charge in [0, 0.05) is 45.2 Å². The van der Waals surface area contributed by atoms with E-state index in [1.54, 1.807) is 0 Å². The number of hydrogen-bond donors (Lipinski definition) is 0. The molecule has 5 heteroatoms. The highest BCUT2D eigenvalue weighted by Crippen LogP contribution is 2.21. The van der Waals surface area contributed by atoms with Crippen LogP contribution in [0.1, 0.15) is 24.0 Å². The molecule has 0 aromatic heterocycles. The van der Waals surface area contributed by atoms with Gasteiger partial charge in [0.05, 0.1) is 6.42 Å². The average molecular weight is 343 g/mol.